The van der Waals surface area contributed by atoms with Gasteiger partial charge in [-0.1, -0.05) is 0 Å². The Labute approximate surface area is 113 Å². The zero-order chi connectivity index (χ0) is 13.2. The van der Waals surface area contributed by atoms with Crippen LogP contribution in [0.15, 0.2) is 0 Å². The molecule has 5 heteroatoms. The van der Waals surface area contributed by atoms with E-state index in [0.717, 1.165) is 52.0 Å². The molecule has 0 aromatic heterocycles. The van der Waals surface area contributed by atoms with Gasteiger partial charge >= 0.3 is 0 Å². The Morgan fingerprint density at radius 2 is 2.05 bits per heavy atom. The lowest BCUT2D eigenvalue weighted by atomic mass is 10.0. The van der Waals surface area contributed by atoms with E-state index in [1.165, 1.54) is 0 Å². The van der Waals surface area contributed by atoms with E-state index in [-0.39, 0.29) is 17.9 Å². The van der Waals surface area contributed by atoms with E-state index in [9.17, 15) is 9.59 Å². The highest BCUT2D eigenvalue weighted by molar-refractivity contribution is 5.90. The Morgan fingerprint density at radius 3 is 2.84 bits per heavy atom. The first-order valence-corrected chi connectivity index (χ1v) is 7.41. The van der Waals surface area contributed by atoms with E-state index in [4.69, 9.17) is 4.74 Å². The molecular weight excluding hydrogens is 244 g/mol. The number of amides is 2. The molecule has 3 aliphatic rings. The summed E-state index contributed by atoms with van der Waals surface area (Å²) in [7, 11) is 0. The molecule has 19 heavy (non-hydrogen) atoms. The van der Waals surface area contributed by atoms with Gasteiger partial charge < -0.3 is 14.5 Å². The van der Waals surface area contributed by atoms with Crippen molar-refractivity contribution in [3.8, 4) is 0 Å². The molecule has 3 aliphatic heterocycles. The van der Waals surface area contributed by atoms with E-state index in [0.29, 0.717) is 18.9 Å². The molecule has 3 fully saturated rings. The molecule has 3 rings (SSSR count). The lowest BCUT2D eigenvalue weighted by Crippen LogP contribution is -2.45. The minimum absolute atomic E-state index is 0.151. The van der Waals surface area contributed by atoms with Gasteiger partial charge in [0.2, 0.25) is 11.8 Å². The maximum absolute atomic E-state index is 12.5. The van der Waals surface area contributed by atoms with Crippen LogP contribution in [0.25, 0.3) is 0 Å². The van der Waals surface area contributed by atoms with E-state index in [1.54, 1.807) is 4.90 Å². The predicted molar refractivity (Wildman–Crippen MR) is 69.5 cm³/mol. The molecule has 0 saturated carbocycles. The third-order valence-electron chi connectivity index (χ3n) is 4.50. The molecule has 0 N–H and O–H groups in total. The Bertz CT molecular complexity index is 366. The second-order valence-corrected chi connectivity index (χ2v) is 5.86. The summed E-state index contributed by atoms with van der Waals surface area (Å²) in [6.45, 7) is 3.71. The average Bonchev–Trinajstić information content (AvgIpc) is 2.89. The number of carbonyl (C=O) groups is 2. The SMILES string of the molecule is O=C1C2CCCN2C(=O)CCN1CC1CCCOC1. The summed E-state index contributed by atoms with van der Waals surface area (Å²) < 4.78 is 5.48. The van der Waals surface area contributed by atoms with E-state index in [2.05, 4.69) is 0 Å². The van der Waals surface area contributed by atoms with Crippen molar-refractivity contribution in [1.82, 2.24) is 9.80 Å². The zero-order valence-electron chi connectivity index (χ0n) is 11.3. The van der Waals surface area contributed by atoms with E-state index >= 15 is 0 Å². The van der Waals surface area contributed by atoms with Gasteiger partial charge in [-0.3, -0.25) is 9.59 Å². The lowest BCUT2D eigenvalue weighted by molar-refractivity contribution is -0.140. The summed E-state index contributed by atoms with van der Waals surface area (Å²) in [5, 5.41) is 0. The van der Waals surface area contributed by atoms with Crippen LogP contribution in [-0.2, 0) is 14.3 Å². The van der Waals surface area contributed by atoms with Gasteiger partial charge in [-0.15, -0.1) is 0 Å². The van der Waals surface area contributed by atoms with Gasteiger partial charge in [-0.25, -0.2) is 0 Å². The van der Waals surface area contributed by atoms with Crippen LogP contribution < -0.4 is 0 Å². The number of carbonyl (C=O) groups excluding carboxylic acids is 2. The number of ether oxygens (including phenoxy) is 1. The minimum atomic E-state index is -0.181. The maximum Gasteiger partial charge on any atom is 0.245 e. The highest BCUT2D eigenvalue weighted by Crippen LogP contribution is 2.25. The molecule has 2 unspecified atom stereocenters. The highest BCUT2D eigenvalue weighted by atomic mass is 16.5. The number of nitrogens with zero attached hydrogens (tertiary/aromatic N) is 2. The second kappa shape index (κ2) is 5.49. The average molecular weight is 266 g/mol. The van der Waals surface area contributed by atoms with Crippen molar-refractivity contribution < 1.29 is 14.3 Å². The Hall–Kier alpha value is -1.10. The molecule has 3 heterocycles. The van der Waals surface area contributed by atoms with Gasteiger partial charge in [-0.05, 0) is 31.6 Å². The normalized spacial score (nSPS) is 32.4. The summed E-state index contributed by atoms with van der Waals surface area (Å²) in [6, 6.07) is -0.181. The van der Waals surface area contributed by atoms with Gasteiger partial charge in [0, 0.05) is 32.7 Å². The monoisotopic (exact) mass is 266 g/mol. The number of hydrogen-bond donors (Lipinski definition) is 0. The first kappa shape index (κ1) is 12.9. The summed E-state index contributed by atoms with van der Waals surface area (Å²) in [4.78, 5) is 28.2. The molecule has 0 aliphatic carbocycles. The van der Waals surface area contributed by atoms with Gasteiger partial charge in [0.25, 0.3) is 0 Å². The third-order valence-corrected chi connectivity index (χ3v) is 4.50. The molecule has 0 aromatic rings. The summed E-state index contributed by atoms with van der Waals surface area (Å²) in [5.74, 6) is 0.757. The van der Waals surface area contributed by atoms with Crippen LogP contribution in [0.2, 0.25) is 0 Å². The standard InChI is InChI=1S/C14H22N2O3/c17-13-5-7-15(9-11-3-2-8-19-10-11)14(18)12-4-1-6-16(12)13/h11-12H,1-10H2. The Kier molecular flexibility index (Phi) is 3.73. The third kappa shape index (κ3) is 2.61. The fourth-order valence-electron chi connectivity index (χ4n) is 3.46. The quantitative estimate of drug-likeness (QED) is 0.737. The smallest absolute Gasteiger partial charge is 0.245 e. The molecule has 0 spiro atoms. The van der Waals surface area contributed by atoms with Gasteiger partial charge in [0.1, 0.15) is 6.04 Å². The predicted octanol–water partition coefficient (Wildman–Crippen LogP) is 0.636. The molecular formula is C14H22N2O3. The Morgan fingerprint density at radius 1 is 1.16 bits per heavy atom. The number of fused-ring (bicyclic) bond motifs is 1. The fraction of sp³-hybridized carbons (Fsp3) is 0.857. The van der Waals surface area contributed by atoms with E-state index in [1.807, 2.05) is 4.90 Å². The largest absolute Gasteiger partial charge is 0.381 e. The van der Waals surface area contributed by atoms with Crippen LogP contribution in [-0.4, -0.2) is 60.5 Å². The first-order valence-electron chi connectivity index (χ1n) is 7.41. The van der Waals surface area contributed by atoms with Crippen molar-refractivity contribution in [1.29, 1.82) is 0 Å². The van der Waals surface area contributed by atoms with Gasteiger partial charge in [0.05, 0.1) is 6.61 Å². The zero-order valence-corrected chi connectivity index (χ0v) is 11.3. The first-order chi connectivity index (χ1) is 9.25. The Balaban J connectivity index is 1.67. The molecule has 0 radical (unpaired) electrons. The van der Waals surface area contributed by atoms with Gasteiger partial charge in [0.15, 0.2) is 0 Å². The molecule has 2 amide bonds. The molecule has 106 valence electrons. The van der Waals surface area contributed by atoms with Crippen molar-refractivity contribution in [3.05, 3.63) is 0 Å². The highest BCUT2D eigenvalue weighted by Gasteiger charge is 2.39. The molecule has 3 saturated heterocycles. The summed E-state index contributed by atoms with van der Waals surface area (Å²) in [6.07, 6.45) is 4.49. The van der Waals surface area contributed by atoms with Crippen LogP contribution in [0.3, 0.4) is 0 Å². The minimum Gasteiger partial charge on any atom is -0.381 e. The van der Waals surface area contributed by atoms with E-state index < -0.39 is 0 Å². The van der Waals surface area contributed by atoms with Crippen molar-refractivity contribution in [2.75, 3.05) is 32.8 Å². The molecule has 0 bridgehead atoms. The maximum atomic E-state index is 12.5. The number of hydrogen-bond acceptors (Lipinski definition) is 3. The molecule has 5 nitrogen and oxygen atoms in total. The second-order valence-electron chi connectivity index (χ2n) is 5.86. The van der Waals surface area contributed by atoms with Crippen molar-refractivity contribution >= 4 is 11.8 Å². The summed E-state index contributed by atoms with van der Waals surface area (Å²) in [5.41, 5.74) is 0. The van der Waals surface area contributed by atoms with Gasteiger partial charge in [-0.2, -0.15) is 0 Å². The van der Waals surface area contributed by atoms with Crippen LogP contribution in [0.5, 0.6) is 0 Å². The van der Waals surface area contributed by atoms with Crippen molar-refractivity contribution in [2.24, 2.45) is 5.92 Å². The lowest BCUT2D eigenvalue weighted by Gasteiger charge is -2.30. The molecule has 0 aromatic carbocycles. The topological polar surface area (TPSA) is 49.9 Å². The van der Waals surface area contributed by atoms with Crippen LogP contribution >= 0.6 is 0 Å². The van der Waals surface area contributed by atoms with Crippen molar-refractivity contribution in [2.45, 2.75) is 38.1 Å². The number of rotatable bonds is 2. The fourth-order valence-corrected chi connectivity index (χ4v) is 3.46. The van der Waals surface area contributed by atoms with Crippen LogP contribution in [0.4, 0.5) is 0 Å². The van der Waals surface area contributed by atoms with Crippen LogP contribution in [0.1, 0.15) is 32.1 Å². The van der Waals surface area contributed by atoms with Crippen molar-refractivity contribution in [3.63, 3.8) is 0 Å². The van der Waals surface area contributed by atoms with Crippen LogP contribution in [0, 0.1) is 5.92 Å². The summed E-state index contributed by atoms with van der Waals surface area (Å²) >= 11 is 0. The molecule has 2 atom stereocenters.